The van der Waals surface area contributed by atoms with Gasteiger partial charge in [-0.25, -0.2) is 0 Å². The Labute approximate surface area is 272 Å². The smallest absolute Gasteiger partial charge is 0.366 e. The van der Waals surface area contributed by atoms with Crippen LogP contribution in [0.5, 0.6) is 0 Å². The fourth-order valence-corrected chi connectivity index (χ4v) is 7.90. The molecular formula is C41H29AuP+. The van der Waals surface area contributed by atoms with Crippen molar-refractivity contribution >= 4 is 23.8 Å². The van der Waals surface area contributed by atoms with Crippen molar-refractivity contribution in [2.45, 2.75) is 6.42 Å². The van der Waals surface area contributed by atoms with Gasteiger partial charge in [0.2, 0.25) is 0 Å². The number of rotatable bonds is 3. The van der Waals surface area contributed by atoms with Crippen LogP contribution in [-0.4, -0.2) is 0 Å². The molecule has 0 amide bonds. The molecule has 7 rings (SSSR count). The van der Waals surface area contributed by atoms with Gasteiger partial charge in [-0.3, -0.25) is 5.92 Å². The summed E-state index contributed by atoms with van der Waals surface area (Å²) in [5.41, 5.74) is 8.19. The van der Waals surface area contributed by atoms with Crippen molar-refractivity contribution in [1.29, 1.82) is 0 Å². The second kappa shape index (κ2) is 14.7. The van der Waals surface area contributed by atoms with Gasteiger partial charge in [0.25, 0.3) is 0 Å². The molecule has 1 aliphatic carbocycles. The van der Waals surface area contributed by atoms with Gasteiger partial charge in [0.05, 0.1) is 7.92 Å². The molecule has 0 spiro atoms. The maximum atomic E-state index is 7.09. The van der Waals surface area contributed by atoms with Crippen LogP contribution in [0.4, 0.5) is 0 Å². The van der Waals surface area contributed by atoms with Gasteiger partial charge in [0, 0.05) is 11.1 Å². The molecule has 0 aromatic heterocycles. The maximum absolute atomic E-state index is 7.09. The summed E-state index contributed by atoms with van der Waals surface area (Å²) in [5.74, 6) is 8.79. The molecule has 0 atom stereocenters. The molecule has 0 heterocycles. The van der Waals surface area contributed by atoms with Crippen molar-refractivity contribution in [3.8, 4) is 28.9 Å². The Morgan fingerprint density at radius 3 is 1.44 bits per heavy atom. The standard InChI is InChI=1S/C23H13.C18H15P.Au/c1-2-17-7-9-18(10-8-17)11-12-19-13-14-23-21(15-19)16-20-5-3-4-6-22(20)23;1-4-10-16(11-5-1)19(17-12-6-2-7-13-17)18-14-8-3-9-15-18;/h3-10,13-15H,16H2;1-15H;/q-1;;+1/p+1. The Morgan fingerprint density at radius 2 is 0.884 bits per heavy atom. The van der Waals surface area contributed by atoms with Crippen molar-refractivity contribution < 1.29 is 22.4 Å². The summed E-state index contributed by atoms with van der Waals surface area (Å²) in [5, 5.41) is 4.31. The third-order valence-electron chi connectivity index (χ3n) is 7.36. The van der Waals surface area contributed by atoms with Gasteiger partial charge in [-0.05, 0) is 77.2 Å². The molecule has 0 saturated carbocycles. The number of hydrogen-bond acceptors (Lipinski definition) is 0. The van der Waals surface area contributed by atoms with Crippen molar-refractivity contribution in [3.63, 3.8) is 0 Å². The zero-order valence-electron chi connectivity index (χ0n) is 23.5. The molecule has 0 nitrogen and oxygen atoms in total. The van der Waals surface area contributed by atoms with E-state index in [0.717, 1.165) is 23.1 Å². The molecule has 0 bridgehead atoms. The fraction of sp³-hybridized carbons (Fsp3) is 0.0244. The SMILES string of the molecule is [Au+].[C-]#Cc1ccc(C#Cc2ccc3c(c2)Cc2ccccc2-3)cc1.c1ccc([PH+](c2ccccc2)c2ccccc2)cc1. The average molecular weight is 750 g/mol. The zero-order chi connectivity index (χ0) is 28.6. The summed E-state index contributed by atoms with van der Waals surface area (Å²) in [6.07, 6.45) is 8.08. The Kier molecular flexibility index (Phi) is 10.3. The van der Waals surface area contributed by atoms with Gasteiger partial charge in [-0.2, -0.15) is 0 Å². The summed E-state index contributed by atoms with van der Waals surface area (Å²) in [7, 11) is -0.877. The van der Waals surface area contributed by atoms with Crippen molar-refractivity contribution in [3.05, 3.63) is 192 Å². The van der Waals surface area contributed by atoms with E-state index in [4.69, 9.17) is 6.42 Å². The molecule has 0 saturated heterocycles. The molecule has 6 aromatic carbocycles. The van der Waals surface area contributed by atoms with E-state index in [1.165, 1.54) is 38.2 Å². The van der Waals surface area contributed by atoms with Crippen molar-refractivity contribution in [1.82, 2.24) is 0 Å². The van der Waals surface area contributed by atoms with Crippen LogP contribution in [0, 0.1) is 24.2 Å². The Hall–Kier alpha value is -4.39. The minimum absolute atomic E-state index is 0. The van der Waals surface area contributed by atoms with Gasteiger partial charge in [-0.1, -0.05) is 109 Å². The molecular weight excluding hydrogens is 720 g/mol. The van der Waals surface area contributed by atoms with Crippen molar-refractivity contribution in [2.75, 3.05) is 0 Å². The molecule has 0 radical (unpaired) electrons. The Bertz CT molecular complexity index is 1800. The van der Waals surface area contributed by atoms with Crippen LogP contribution in [0.1, 0.15) is 27.8 Å². The number of benzene rings is 6. The summed E-state index contributed by atoms with van der Waals surface area (Å²) >= 11 is 0. The van der Waals surface area contributed by atoms with E-state index < -0.39 is 7.92 Å². The molecule has 1 aliphatic rings. The van der Waals surface area contributed by atoms with E-state index in [1.807, 2.05) is 24.3 Å². The average Bonchev–Trinajstić information content (AvgIpc) is 3.44. The molecule has 208 valence electrons. The van der Waals surface area contributed by atoms with E-state index in [2.05, 4.69) is 151 Å². The quantitative estimate of drug-likeness (QED) is 0.0751. The van der Waals surface area contributed by atoms with Crippen LogP contribution >= 0.6 is 7.92 Å². The molecule has 0 N–H and O–H groups in total. The number of fused-ring (bicyclic) bond motifs is 3. The van der Waals surface area contributed by atoms with Gasteiger partial charge in [-0.15, -0.1) is 17.7 Å². The van der Waals surface area contributed by atoms with Crippen LogP contribution in [0.2, 0.25) is 0 Å². The number of hydrogen-bond donors (Lipinski definition) is 0. The zero-order valence-corrected chi connectivity index (χ0v) is 26.7. The predicted molar refractivity (Wildman–Crippen MR) is 180 cm³/mol. The summed E-state index contributed by atoms with van der Waals surface area (Å²) in [6.45, 7) is 0. The van der Waals surface area contributed by atoms with Crippen molar-refractivity contribution in [2.24, 2.45) is 0 Å². The molecule has 0 fully saturated rings. The predicted octanol–water partition coefficient (Wildman–Crippen LogP) is 7.77. The first-order chi connectivity index (χ1) is 20.8. The maximum Gasteiger partial charge on any atom is 1.00 e. The van der Waals surface area contributed by atoms with Gasteiger partial charge in [0.1, 0.15) is 15.9 Å². The van der Waals surface area contributed by atoms with Gasteiger partial charge < -0.3 is 6.42 Å². The third-order valence-corrected chi connectivity index (χ3v) is 10.1. The molecule has 6 aromatic rings. The summed E-state index contributed by atoms with van der Waals surface area (Å²) < 4.78 is 0. The first kappa shape index (κ1) is 30.1. The van der Waals surface area contributed by atoms with E-state index in [-0.39, 0.29) is 22.4 Å². The molecule has 2 heteroatoms. The largest absolute Gasteiger partial charge is 1.00 e. The molecule has 43 heavy (non-hydrogen) atoms. The van der Waals surface area contributed by atoms with Gasteiger partial charge in [0.15, 0.2) is 0 Å². The Balaban J connectivity index is 0.000000170. The summed E-state index contributed by atoms with van der Waals surface area (Å²) in [4.78, 5) is 0. The van der Waals surface area contributed by atoms with Crippen LogP contribution in [0.3, 0.4) is 0 Å². The normalized spacial score (nSPS) is 10.5. The molecule has 0 aliphatic heterocycles. The van der Waals surface area contributed by atoms with E-state index in [0.29, 0.717) is 0 Å². The van der Waals surface area contributed by atoms with E-state index in [9.17, 15) is 0 Å². The van der Waals surface area contributed by atoms with E-state index in [1.54, 1.807) is 0 Å². The molecule has 0 unspecified atom stereocenters. The van der Waals surface area contributed by atoms with Crippen LogP contribution in [-0.2, 0) is 28.8 Å². The Morgan fingerprint density at radius 1 is 0.442 bits per heavy atom. The first-order valence-electron chi connectivity index (χ1n) is 14.1. The summed E-state index contributed by atoms with van der Waals surface area (Å²) in [6, 6.07) is 55.1. The third kappa shape index (κ3) is 7.34. The van der Waals surface area contributed by atoms with Crippen LogP contribution in [0.15, 0.2) is 158 Å². The van der Waals surface area contributed by atoms with Crippen LogP contribution < -0.4 is 15.9 Å². The van der Waals surface area contributed by atoms with E-state index >= 15 is 0 Å². The monoisotopic (exact) mass is 749 g/mol. The van der Waals surface area contributed by atoms with Gasteiger partial charge >= 0.3 is 22.4 Å². The first-order valence-corrected chi connectivity index (χ1v) is 15.6. The second-order valence-corrected chi connectivity index (χ2v) is 12.6. The second-order valence-electron chi connectivity index (χ2n) is 10.1. The van der Waals surface area contributed by atoms with Crippen LogP contribution in [0.25, 0.3) is 11.1 Å². The minimum Gasteiger partial charge on any atom is -0.366 e. The minimum atomic E-state index is -0.877. The topological polar surface area (TPSA) is 0 Å². The fourth-order valence-electron chi connectivity index (χ4n) is 5.32.